The lowest BCUT2D eigenvalue weighted by molar-refractivity contribution is -0.0521. The number of hydrogen-bond acceptors (Lipinski definition) is 4. The molecule has 1 aliphatic rings. The normalized spacial score (nSPS) is 18.4. The first-order valence-electron chi connectivity index (χ1n) is 6.30. The van der Waals surface area contributed by atoms with Crippen LogP contribution in [0.25, 0.3) is 0 Å². The molecule has 2 rings (SSSR count). The number of nitrogens with zero attached hydrogens (tertiary/aromatic N) is 1. The van der Waals surface area contributed by atoms with Gasteiger partial charge in [0, 0.05) is 25.2 Å². The van der Waals surface area contributed by atoms with Crippen LogP contribution in [0.1, 0.15) is 19.8 Å². The molecule has 0 aliphatic carbocycles. The number of hydrogen-bond donors (Lipinski definition) is 2. The summed E-state index contributed by atoms with van der Waals surface area (Å²) in [5.41, 5.74) is 5.59. The number of rotatable bonds is 3. The first-order valence-corrected chi connectivity index (χ1v) is 6.30. The molecule has 20 heavy (non-hydrogen) atoms. The van der Waals surface area contributed by atoms with Crippen LogP contribution in [0.3, 0.4) is 0 Å². The molecule has 0 spiro atoms. The average Bonchev–Trinajstić information content (AvgIpc) is 2.33. The SMILES string of the molecule is CC1(O)CCN(c2cc(OC(F)F)c(F)cc2N)CC1. The Morgan fingerprint density at radius 1 is 1.35 bits per heavy atom. The molecule has 1 aromatic carbocycles. The summed E-state index contributed by atoms with van der Waals surface area (Å²) in [4.78, 5) is 1.82. The molecular weight excluding hydrogens is 273 g/mol. The van der Waals surface area contributed by atoms with E-state index in [1.807, 2.05) is 4.90 Å². The maximum absolute atomic E-state index is 13.5. The predicted molar refractivity (Wildman–Crippen MR) is 69.5 cm³/mol. The van der Waals surface area contributed by atoms with E-state index < -0.39 is 23.8 Å². The minimum atomic E-state index is -3.09. The molecule has 0 aromatic heterocycles. The molecule has 0 amide bonds. The minimum Gasteiger partial charge on any atom is -0.432 e. The number of halogens is 3. The monoisotopic (exact) mass is 290 g/mol. The van der Waals surface area contributed by atoms with Gasteiger partial charge in [-0.25, -0.2) is 4.39 Å². The van der Waals surface area contributed by atoms with Gasteiger partial charge in [-0.15, -0.1) is 0 Å². The van der Waals surface area contributed by atoms with Crippen molar-refractivity contribution in [2.45, 2.75) is 32.0 Å². The van der Waals surface area contributed by atoms with Gasteiger partial charge in [-0.1, -0.05) is 0 Å². The second-order valence-electron chi connectivity index (χ2n) is 5.20. The van der Waals surface area contributed by atoms with Crippen molar-refractivity contribution in [3.8, 4) is 5.75 Å². The van der Waals surface area contributed by atoms with E-state index in [1.54, 1.807) is 6.92 Å². The highest BCUT2D eigenvalue weighted by molar-refractivity contribution is 5.70. The van der Waals surface area contributed by atoms with Crippen molar-refractivity contribution in [3.63, 3.8) is 0 Å². The van der Waals surface area contributed by atoms with Gasteiger partial charge in [-0.3, -0.25) is 0 Å². The van der Waals surface area contributed by atoms with Gasteiger partial charge in [0.05, 0.1) is 17.0 Å². The van der Waals surface area contributed by atoms with Crippen LogP contribution in [0.15, 0.2) is 12.1 Å². The summed E-state index contributed by atoms with van der Waals surface area (Å²) in [6.07, 6.45) is 1.05. The number of ether oxygens (including phenoxy) is 1. The molecule has 1 saturated heterocycles. The molecule has 0 bridgehead atoms. The molecular formula is C13H17F3N2O2. The Morgan fingerprint density at radius 3 is 2.50 bits per heavy atom. The van der Waals surface area contributed by atoms with Crippen LogP contribution < -0.4 is 15.4 Å². The zero-order chi connectivity index (χ0) is 14.9. The van der Waals surface area contributed by atoms with Gasteiger partial charge in [0.1, 0.15) is 0 Å². The fraction of sp³-hybridized carbons (Fsp3) is 0.538. The summed E-state index contributed by atoms with van der Waals surface area (Å²) >= 11 is 0. The maximum atomic E-state index is 13.5. The zero-order valence-corrected chi connectivity index (χ0v) is 11.1. The van der Waals surface area contributed by atoms with Gasteiger partial charge in [0.25, 0.3) is 0 Å². The Bertz CT molecular complexity index is 485. The van der Waals surface area contributed by atoms with Gasteiger partial charge in [0.15, 0.2) is 11.6 Å². The highest BCUT2D eigenvalue weighted by Crippen LogP contribution is 2.34. The zero-order valence-electron chi connectivity index (χ0n) is 11.1. The number of piperidine rings is 1. The molecule has 4 nitrogen and oxygen atoms in total. The van der Waals surface area contributed by atoms with E-state index in [0.29, 0.717) is 31.6 Å². The highest BCUT2D eigenvalue weighted by Gasteiger charge is 2.28. The Labute approximate surface area is 114 Å². The Balaban J connectivity index is 2.23. The van der Waals surface area contributed by atoms with Crippen LogP contribution >= 0.6 is 0 Å². The summed E-state index contributed by atoms with van der Waals surface area (Å²) in [6, 6.07) is 2.15. The number of nitrogens with two attached hydrogens (primary N) is 1. The van der Waals surface area contributed by atoms with Crippen molar-refractivity contribution in [2.75, 3.05) is 23.7 Å². The number of alkyl halides is 2. The maximum Gasteiger partial charge on any atom is 0.387 e. The van der Waals surface area contributed by atoms with E-state index in [0.717, 1.165) is 6.07 Å². The molecule has 112 valence electrons. The fourth-order valence-corrected chi connectivity index (χ4v) is 2.25. The first-order chi connectivity index (χ1) is 9.28. The van der Waals surface area contributed by atoms with Crippen molar-refractivity contribution >= 4 is 11.4 Å². The standard InChI is InChI=1S/C13H17F3N2O2/c1-13(19)2-4-18(5-3-13)10-7-11(20-12(15)16)8(14)6-9(10)17/h6-7,12,19H,2-5,17H2,1H3. The third-order valence-corrected chi connectivity index (χ3v) is 3.48. The third kappa shape index (κ3) is 3.27. The van der Waals surface area contributed by atoms with E-state index in [1.165, 1.54) is 6.07 Å². The summed E-state index contributed by atoms with van der Waals surface area (Å²) in [5.74, 6) is -1.45. The number of nitrogen functional groups attached to an aromatic ring is 1. The summed E-state index contributed by atoms with van der Waals surface area (Å²) in [7, 11) is 0. The lowest BCUT2D eigenvalue weighted by Crippen LogP contribution is -2.42. The van der Waals surface area contributed by atoms with Crippen LogP contribution in [0.4, 0.5) is 24.5 Å². The summed E-state index contributed by atoms with van der Waals surface area (Å²) in [5, 5.41) is 9.88. The highest BCUT2D eigenvalue weighted by atomic mass is 19.3. The number of benzene rings is 1. The van der Waals surface area contributed by atoms with Crippen molar-refractivity contribution in [3.05, 3.63) is 17.9 Å². The van der Waals surface area contributed by atoms with E-state index >= 15 is 0 Å². The number of anilines is 2. The first kappa shape index (κ1) is 14.8. The lowest BCUT2D eigenvalue weighted by atomic mass is 9.93. The topological polar surface area (TPSA) is 58.7 Å². The summed E-state index contributed by atoms with van der Waals surface area (Å²) < 4.78 is 42.0. The van der Waals surface area contributed by atoms with Crippen molar-refractivity contribution in [1.82, 2.24) is 0 Å². The van der Waals surface area contributed by atoms with Crippen LogP contribution in [0, 0.1) is 5.82 Å². The van der Waals surface area contributed by atoms with Gasteiger partial charge in [-0.2, -0.15) is 8.78 Å². The van der Waals surface area contributed by atoms with Crippen molar-refractivity contribution < 1.29 is 23.0 Å². The van der Waals surface area contributed by atoms with Crippen LogP contribution in [-0.2, 0) is 0 Å². The molecule has 0 saturated carbocycles. The van der Waals surface area contributed by atoms with Gasteiger partial charge < -0.3 is 20.5 Å². The van der Waals surface area contributed by atoms with E-state index in [9.17, 15) is 18.3 Å². The van der Waals surface area contributed by atoms with Gasteiger partial charge >= 0.3 is 6.61 Å². The van der Waals surface area contributed by atoms with E-state index in [-0.39, 0.29) is 5.69 Å². The smallest absolute Gasteiger partial charge is 0.387 e. The number of aliphatic hydroxyl groups is 1. The van der Waals surface area contributed by atoms with E-state index in [2.05, 4.69) is 4.74 Å². The molecule has 1 fully saturated rings. The van der Waals surface area contributed by atoms with Gasteiger partial charge in [0.2, 0.25) is 0 Å². The molecule has 1 aromatic rings. The van der Waals surface area contributed by atoms with Crippen LogP contribution in [0.5, 0.6) is 5.75 Å². The van der Waals surface area contributed by atoms with Crippen molar-refractivity contribution in [2.24, 2.45) is 0 Å². The molecule has 7 heteroatoms. The van der Waals surface area contributed by atoms with E-state index in [4.69, 9.17) is 5.73 Å². The average molecular weight is 290 g/mol. The quantitative estimate of drug-likeness (QED) is 0.839. The second-order valence-corrected chi connectivity index (χ2v) is 5.20. The molecule has 0 atom stereocenters. The Morgan fingerprint density at radius 2 is 1.95 bits per heavy atom. The predicted octanol–water partition coefficient (Wildman–Crippen LogP) is 2.36. The minimum absolute atomic E-state index is 0.158. The fourth-order valence-electron chi connectivity index (χ4n) is 2.25. The van der Waals surface area contributed by atoms with Crippen molar-refractivity contribution in [1.29, 1.82) is 0 Å². The van der Waals surface area contributed by atoms with Crippen LogP contribution in [-0.4, -0.2) is 30.4 Å². The molecule has 1 aliphatic heterocycles. The summed E-state index contributed by atoms with van der Waals surface area (Å²) in [6.45, 7) is -0.333. The molecule has 0 radical (unpaired) electrons. The van der Waals surface area contributed by atoms with Crippen LogP contribution in [0.2, 0.25) is 0 Å². The lowest BCUT2D eigenvalue weighted by Gasteiger charge is -2.37. The molecule has 1 heterocycles. The Kier molecular flexibility index (Phi) is 3.99. The van der Waals surface area contributed by atoms with Gasteiger partial charge in [-0.05, 0) is 19.8 Å². The third-order valence-electron chi connectivity index (χ3n) is 3.48. The molecule has 3 N–H and O–H groups in total. The molecule has 0 unspecified atom stereocenters. The largest absolute Gasteiger partial charge is 0.432 e. The second kappa shape index (κ2) is 5.40. The Hall–Kier alpha value is -1.63.